The molecular weight excluding hydrogens is 240 g/mol. The number of rotatable bonds is 4. The third-order valence-electron chi connectivity index (χ3n) is 5.42. The highest BCUT2D eigenvalue weighted by Gasteiger charge is 2.47. The van der Waals surface area contributed by atoms with Crippen LogP contribution in [0.15, 0.2) is 0 Å². The van der Waals surface area contributed by atoms with Gasteiger partial charge >= 0.3 is 5.97 Å². The Morgan fingerprint density at radius 2 is 2.05 bits per heavy atom. The van der Waals surface area contributed by atoms with Crippen molar-refractivity contribution in [2.75, 3.05) is 6.61 Å². The molecule has 2 rings (SSSR count). The Labute approximate surface area is 116 Å². The summed E-state index contributed by atoms with van der Waals surface area (Å²) in [5, 5.41) is 9.66. The predicted octanol–water partition coefficient (Wildman–Crippen LogP) is 4.01. The molecule has 1 aliphatic heterocycles. The standard InChI is InChI=1S/C16H28O3/c1-3-8-15(2,14(17)18)13-7-11-19-16(12-13)9-5-4-6-10-16/h13H,3-12H2,1-2H3,(H,17,18). The first kappa shape index (κ1) is 14.8. The molecule has 2 atom stereocenters. The van der Waals surface area contributed by atoms with Gasteiger partial charge in [-0.15, -0.1) is 0 Å². The van der Waals surface area contributed by atoms with E-state index in [4.69, 9.17) is 4.74 Å². The van der Waals surface area contributed by atoms with Gasteiger partial charge in [0.25, 0.3) is 0 Å². The maximum Gasteiger partial charge on any atom is 0.309 e. The van der Waals surface area contributed by atoms with Gasteiger partial charge < -0.3 is 9.84 Å². The largest absolute Gasteiger partial charge is 0.481 e. The van der Waals surface area contributed by atoms with Crippen molar-refractivity contribution in [3.8, 4) is 0 Å². The number of aliphatic carboxylic acids is 1. The molecule has 2 fully saturated rings. The van der Waals surface area contributed by atoms with Gasteiger partial charge in [-0.25, -0.2) is 0 Å². The molecule has 1 aliphatic carbocycles. The summed E-state index contributed by atoms with van der Waals surface area (Å²) in [4.78, 5) is 11.7. The lowest BCUT2D eigenvalue weighted by molar-refractivity contribution is -0.166. The van der Waals surface area contributed by atoms with E-state index < -0.39 is 11.4 Å². The van der Waals surface area contributed by atoms with Gasteiger partial charge in [0.2, 0.25) is 0 Å². The highest BCUT2D eigenvalue weighted by molar-refractivity contribution is 5.74. The molecule has 1 heterocycles. The predicted molar refractivity (Wildman–Crippen MR) is 75.1 cm³/mol. The molecule has 1 saturated heterocycles. The van der Waals surface area contributed by atoms with Gasteiger partial charge in [0.05, 0.1) is 11.0 Å². The Hall–Kier alpha value is -0.570. The molecule has 0 radical (unpaired) electrons. The molecule has 19 heavy (non-hydrogen) atoms. The monoisotopic (exact) mass is 268 g/mol. The quantitative estimate of drug-likeness (QED) is 0.838. The lowest BCUT2D eigenvalue weighted by atomic mass is 9.65. The highest BCUT2D eigenvalue weighted by atomic mass is 16.5. The smallest absolute Gasteiger partial charge is 0.309 e. The SMILES string of the molecule is CCCC(C)(C(=O)O)C1CCOC2(CCCCC2)C1. The summed E-state index contributed by atoms with van der Waals surface area (Å²) in [6.07, 6.45) is 9.63. The molecule has 0 bridgehead atoms. The van der Waals surface area contributed by atoms with Gasteiger partial charge in [-0.1, -0.05) is 32.6 Å². The summed E-state index contributed by atoms with van der Waals surface area (Å²) in [5.74, 6) is -0.344. The van der Waals surface area contributed by atoms with Crippen LogP contribution in [0.5, 0.6) is 0 Å². The van der Waals surface area contributed by atoms with E-state index in [0.717, 1.165) is 45.1 Å². The van der Waals surface area contributed by atoms with Crippen LogP contribution in [0, 0.1) is 11.3 Å². The topological polar surface area (TPSA) is 46.5 Å². The van der Waals surface area contributed by atoms with Crippen molar-refractivity contribution in [1.29, 1.82) is 0 Å². The fraction of sp³-hybridized carbons (Fsp3) is 0.938. The number of ether oxygens (including phenoxy) is 1. The Morgan fingerprint density at radius 1 is 1.37 bits per heavy atom. The van der Waals surface area contributed by atoms with Crippen LogP contribution in [0.2, 0.25) is 0 Å². The van der Waals surface area contributed by atoms with Gasteiger partial charge in [-0.05, 0) is 44.9 Å². The van der Waals surface area contributed by atoms with Crippen molar-refractivity contribution in [2.45, 2.75) is 77.2 Å². The number of hydrogen-bond donors (Lipinski definition) is 1. The first-order chi connectivity index (χ1) is 9.02. The first-order valence-corrected chi connectivity index (χ1v) is 7.90. The number of hydrogen-bond acceptors (Lipinski definition) is 2. The molecule has 2 unspecified atom stereocenters. The zero-order chi connectivity index (χ0) is 13.9. The van der Waals surface area contributed by atoms with E-state index in [0.29, 0.717) is 0 Å². The lowest BCUT2D eigenvalue weighted by Gasteiger charge is -2.47. The molecule has 1 spiro atoms. The fourth-order valence-corrected chi connectivity index (χ4v) is 4.12. The van der Waals surface area contributed by atoms with Crippen molar-refractivity contribution in [3.05, 3.63) is 0 Å². The van der Waals surface area contributed by atoms with Crippen LogP contribution in [0.3, 0.4) is 0 Å². The summed E-state index contributed by atoms with van der Waals surface area (Å²) in [7, 11) is 0. The molecule has 0 aromatic heterocycles. The van der Waals surface area contributed by atoms with Crippen LogP contribution in [0.4, 0.5) is 0 Å². The second-order valence-electron chi connectivity index (χ2n) is 6.75. The molecular formula is C16H28O3. The average molecular weight is 268 g/mol. The Morgan fingerprint density at radius 3 is 2.63 bits per heavy atom. The maximum atomic E-state index is 11.7. The number of carboxylic acid groups (broad SMARTS) is 1. The van der Waals surface area contributed by atoms with Crippen LogP contribution in [-0.4, -0.2) is 23.3 Å². The highest BCUT2D eigenvalue weighted by Crippen LogP contribution is 2.47. The second-order valence-corrected chi connectivity index (χ2v) is 6.75. The van der Waals surface area contributed by atoms with Gasteiger partial charge in [0.1, 0.15) is 0 Å². The summed E-state index contributed by atoms with van der Waals surface area (Å²) in [5.41, 5.74) is -0.561. The van der Waals surface area contributed by atoms with Gasteiger partial charge in [0, 0.05) is 6.61 Å². The molecule has 3 heteroatoms. The van der Waals surface area contributed by atoms with E-state index in [2.05, 4.69) is 6.92 Å². The van der Waals surface area contributed by atoms with Crippen LogP contribution in [0.1, 0.15) is 71.6 Å². The van der Waals surface area contributed by atoms with Crippen LogP contribution in [0.25, 0.3) is 0 Å². The fourth-order valence-electron chi connectivity index (χ4n) is 4.12. The Balaban J connectivity index is 2.12. The zero-order valence-corrected chi connectivity index (χ0v) is 12.4. The van der Waals surface area contributed by atoms with E-state index in [9.17, 15) is 9.90 Å². The summed E-state index contributed by atoms with van der Waals surface area (Å²) < 4.78 is 6.10. The summed E-state index contributed by atoms with van der Waals surface area (Å²) in [6, 6.07) is 0. The molecule has 0 amide bonds. The summed E-state index contributed by atoms with van der Waals surface area (Å²) >= 11 is 0. The third-order valence-corrected chi connectivity index (χ3v) is 5.42. The molecule has 110 valence electrons. The number of carbonyl (C=O) groups is 1. The molecule has 0 aromatic carbocycles. The average Bonchev–Trinajstić information content (AvgIpc) is 2.39. The minimum absolute atomic E-state index is 0.00557. The molecule has 1 N–H and O–H groups in total. The van der Waals surface area contributed by atoms with Gasteiger partial charge in [0.15, 0.2) is 0 Å². The molecule has 0 aromatic rings. The normalized spacial score (nSPS) is 29.9. The van der Waals surface area contributed by atoms with Crippen LogP contribution >= 0.6 is 0 Å². The minimum atomic E-state index is -0.618. The minimum Gasteiger partial charge on any atom is -0.481 e. The van der Waals surface area contributed by atoms with E-state index >= 15 is 0 Å². The van der Waals surface area contributed by atoms with Crippen molar-refractivity contribution in [1.82, 2.24) is 0 Å². The first-order valence-electron chi connectivity index (χ1n) is 7.90. The molecule has 1 saturated carbocycles. The van der Waals surface area contributed by atoms with Crippen LogP contribution < -0.4 is 0 Å². The van der Waals surface area contributed by atoms with E-state index in [-0.39, 0.29) is 11.5 Å². The van der Waals surface area contributed by atoms with E-state index in [1.807, 2.05) is 6.92 Å². The third kappa shape index (κ3) is 2.96. The molecule has 2 aliphatic rings. The Bertz CT molecular complexity index is 314. The summed E-state index contributed by atoms with van der Waals surface area (Å²) in [6.45, 7) is 4.78. The van der Waals surface area contributed by atoms with Gasteiger partial charge in [-0.2, -0.15) is 0 Å². The zero-order valence-electron chi connectivity index (χ0n) is 12.4. The van der Waals surface area contributed by atoms with Crippen molar-refractivity contribution in [3.63, 3.8) is 0 Å². The van der Waals surface area contributed by atoms with Crippen molar-refractivity contribution < 1.29 is 14.6 Å². The van der Waals surface area contributed by atoms with Gasteiger partial charge in [-0.3, -0.25) is 4.79 Å². The van der Waals surface area contributed by atoms with Crippen molar-refractivity contribution in [2.24, 2.45) is 11.3 Å². The number of carboxylic acids is 1. The van der Waals surface area contributed by atoms with E-state index in [1.54, 1.807) is 0 Å². The Kier molecular flexibility index (Phi) is 4.54. The molecule has 3 nitrogen and oxygen atoms in total. The lowest BCUT2D eigenvalue weighted by Crippen LogP contribution is -2.48. The van der Waals surface area contributed by atoms with E-state index in [1.165, 1.54) is 19.3 Å². The second kappa shape index (κ2) is 5.82. The van der Waals surface area contributed by atoms with Crippen molar-refractivity contribution >= 4 is 5.97 Å². The van der Waals surface area contributed by atoms with Crippen LogP contribution in [-0.2, 0) is 9.53 Å². The maximum absolute atomic E-state index is 11.7.